The lowest BCUT2D eigenvalue weighted by molar-refractivity contribution is 0.222. The van der Waals surface area contributed by atoms with Gasteiger partial charge in [-0.2, -0.15) is 4.31 Å². The van der Waals surface area contributed by atoms with Crippen molar-refractivity contribution in [2.75, 3.05) is 33.2 Å². The molecule has 1 aliphatic heterocycles. The molecule has 0 saturated carbocycles. The molecule has 1 aromatic carbocycles. The van der Waals surface area contributed by atoms with E-state index in [9.17, 15) is 13.2 Å². The van der Waals surface area contributed by atoms with E-state index in [-0.39, 0.29) is 20.5 Å². The Morgan fingerprint density at radius 1 is 1.15 bits per heavy atom. The van der Waals surface area contributed by atoms with Crippen molar-refractivity contribution in [1.82, 2.24) is 9.21 Å². The summed E-state index contributed by atoms with van der Waals surface area (Å²) in [6, 6.07) is 2.66. The lowest BCUT2D eigenvalue weighted by Gasteiger charge is -2.31. The van der Waals surface area contributed by atoms with Gasteiger partial charge in [0.2, 0.25) is 16.3 Å². The van der Waals surface area contributed by atoms with Gasteiger partial charge in [0.05, 0.1) is 15.6 Å². The summed E-state index contributed by atoms with van der Waals surface area (Å²) in [5, 5.41) is -0.0891. The molecule has 109 valence electrons. The highest BCUT2D eigenvalue weighted by Gasteiger charge is 2.30. The SMILES string of the molecule is CN1CCN(S(=O)(=O)c2ccc(Cl)c([C]=O)c2Cl)CC1. The molecule has 1 heterocycles. The highest BCUT2D eigenvalue weighted by molar-refractivity contribution is 7.89. The first kappa shape index (κ1) is 15.7. The van der Waals surface area contributed by atoms with Crippen LogP contribution in [0.4, 0.5) is 0 Å². The quantitative estimate of drug-likeness (QED) is 0.837. The number of hydrogen-bond donors (Lipinski definition) is 0. The number of hydrogen-bond acceptors (Lipinski definition) is 4. The summed E-state index contributed by atoms with van der Waals surface area (Å²) in [5.74, 6) is 0. The van der Waals surface area contributed by atoms with Gasteiger partial charge in [-0.15, -0.1) is 0 Å². The molecule has 1 saturated heterocycles. The molecule has 0 aromatic heterocycles. The van der Waals surface area contributed by atoms with Crippen LogP contribution in [-0.4, -0.2) is 57.1 Å². The molecule has 20 heavy (non-hydrogen) atoms. The minimum atomic E-state index is -3.73. The van der Waals surface area contributed by atoms with Gasteiger partial charge >= 0.3 is 0 Å². The molecule has 0 N–H and O–H groups in total. The average Bonchev–Trinajstić information content (AvgIpc) is 2.39. The number of nitrogens with zero attached hydrogens (tertiary/aromatic N) is 2. The van der Waals surface area contributed by atoms with Gasteiger partial charge in [-0.05, 0) is 19.2 Å². The molecule has 0 spiro atoms. The van der Waals surface area contributed by atoms with Crippen LogP contribution in [0.5, 0.6) is 0 Å². The van der Waals surface area contributed by atoms with E-state index >= 15 is 0 Å². The van der Waals surface area contributed by atoms with E-state index in [1.165, 1.54) is 16.4 Å². The Balaban J connectivity index is 2.42. The van der Waals surface area contributed by atoms with Crippen molar-refractivity contribution >= 4 is 39.5 Å². The van der Waals surface area contributed by atoms with Crippen molar-refractivity contribution in [2.24, 2.45) is 0 Å². The normalized spacial score (nSPS) is 18.1. The van der Waals surface area contributed by atoms with Gasteiger partial charge in [0, 0.05) is 26.2 Å². The second-order valence-corrected chi connectivity index (χ2v) is 7.24. The summed E-state index contributed by atoms with van der Waals surface area (Å²) >= 11 is 11.8. The van der Waals surface area contributed by atoms with Gasteiger partial charge in [-0.25, -0.2) is 8.42 Å². The van der Waals surface area contributed by atoms with Crippen LogP contribution >= 0.6 is 23.2 Å². The largest absolute Gasteiger partial charge is 0.304 e. The Morgan fingerprint density at radius 2 is 1.75 bits per heavy atom. The Labute approximate surface area is 128 Å². The monoisotopic (exact) mass is 335 g/mol. The zero-order valence-corrected chi connectivity index (χ0v) is 13.1. The lowest BCUT2D eigenvalue weighted by Crippen LogP contribution is -2.47. The predicted molar refractivity (Wildman–Crippen MR) is 77.5 cm³/mol. The highest BCUT2D eigenvalue weighted by Crippen LogP contribution is 2.31. The van der Waals surface area contributed by atoms with Crippen LogP contribution in [0.2, 0.25) is 10.0 Å². The molecular weight excluding hydrogens is 323 g/mol. The van der Waals surface area contributed by atoms with Crippen molar-refractivity contribution in [3.05, 3.63) is 27.7 Å². The molecule has 5 nitrogen and oxygen atoms in total. The van der Waals surface area contributed by atoms with E-state index in [0.717, 1.165) is 0 Å². The number of halogens is 2. The maximum Gasteiger partial charge on any atom is 0.244 e. The van der Waals surface area contributed by atoms with Crippen LogP contribution in [0.15, 0.2) is 17.0 Å². The van der Waals surface area contributed by atoms with Crippen molar-refractivity contribution in [3.63, 3.8) is 0 Å². The fourth-order valence-corrected chi connectivity index (χ4v) is 4.22. The van der Waals surface area contributed by atoms with Crippen molar-refractivity contribution < 1.29 is 13.2 Å². The topological polar surface area (TPSA) is 57.7 Å². The fourth-order valence-electron chi connectivity index (χ4n) is 1.99. The third-order valence-corrected chi connectivity index (χ3v) is 6.00. The van der Waals surface area contributed by atoms with Crippen LogP contribution in [0.1, 0.15) is 5.56 Å². The van der Waals surface area contributed by atoms with Crippen molar-refractivity contribution in [2.45, 2.75) is 4.90 Å². The molecule has 0 bridgehead atoms. The number of rotatable bonds is 3. The summed E-state index contributed by atoms with van der Waals surface area (Å²) in [5.41, 5.74) is -0.122. The third kappa shape index (κ3) is 2.84. The zero-order valence-electron chi connectivity index (χ0n) is 10.8. The number of likely N-dealkylation sites (N-methyl/N-ethyl adjacent to an activating group) is 1. The first-order valence-corrected chi connectivity index (χ1v) is 8.12. The zero-order chi connectivity index (χ0) is 14.9. The fraction of sp³-hybridized carbons (Fsp3) is 0.417. The molecule has 0 amide bonds. The van der Waals surface area contributed by atoms with Gasteiger partial charge in [0.25, 0.3) is 0 Å². The van der Waals surface area contributed by atoms with Crippen molar-refractivity contribution in [1.29, 1.82) is 0 Å². The maximum atomic E-state index is 12.5. The lowest BCUT2D eigenvalue weighted by atomic mass is 10.2. The first-order chi connectivity index (χ1) is 9.37. The Kier molecular flexibility index (Phi) is 4.71. The van der Waals surface area contributed by atoms with E-state index in [1.54, 1.807) is 6.29 Å². The standard InChI is InChI=1S/C12H13Cl2N2O3S/c1-15-4-6-16(7-5-15)20(18,19)11-3-2-10(13)9(8-17)12(11)14/h2-3H,4-7H2,1H3. The van der Waals surface area contributed by atoms with E-state index < -0.39 is 10.0 Å². The molecule has 2 rings (SSSR count). The molecule has 1 aromatic rings. The third-order valence-electron chi connectivity index (χ3n) is 3.24. The molecule has 0 aliphatic carbocycles. The number of sulfonamides is 1. The van der Waals surface area contributed by atoms with Gasteiger partial charge < -0.3 is 4.90 Å². The van der Waals surface area contributed by atoms with E-state index in [2.05, 4.69) is 0 Å². The Bertz CT molecular complexity index is 626. The predicted octanol–water partition coefficient (Wildman–Crippen LogP) is 1.39. The molecule has 8 heteroatoms. The minimum Gasteiger partial charge on any atom is -0.304 e. The Hall–Kier alpha value is -0.660. The molecule has 0 unspecified atom stereocenters. The van der Waals surface area contributed by atoms with Crippen LogP contribution < -0.4 is 0 Å². The second-order valence-electron chi connectivity index (χ2n) is 4.54. The van der Waals surface area contributed by atoms with Crippen LogP contribution in [0.25, 0.3) is 0 Å². The average molecular weight is 336 g/mol. The van der Waals surface area contributed by atoms with Crippen LogP contribution in [-0.2, 0) is 14.8 Å². The first-order valence-electron chi connectivity index (χ1n) is 5.92. The van der Waals surface area contributed by atoms with Crippen LogP contribution in [0.3, 0.4) is 0 Å². The molecular formula is C12H13Cl2N2O3S. The summed E-state index contributed by atoms with van der Waals surface area (Å²) in [6.07, 6.45) is 1.58. The summed E-state index contributed by atoms with van der Waals surface area (Å²) in [6.45, 7) is 2.07. The molecule has 0 atom stereocenters. The van der Waals surface area contributed by atoms with Gasteiger partial charge in [-0.3, -0.25) is 4.79 Å². The Morgan fingerprint density at radius 3 is 2.30 bits per heavy atom. The van der Waals surface area contributed by atoms with E-state index in [1.807, 2.05) is 11.9 Å². The number of carbonyl (C=O) groups excluding carboxylic acids is 1. The van der Waals surface area contributed by atoms with Gasteiger partial charge in [0.15, 0.2) is 0 Å². The second kappa shape index (κ2) is 5.99. The highest BCUT2D eigenvalue weighted by atomic mass is 35.5. The minimum absolute atomic E-state index is 0.0855. The molecule has 1 aliphatic rings. The molecule has 1 radical (unpaired) electrons. The summed E-state index contributed by atoms with van der Waals surface area (Å²) < 4.78 is 26.4. The smallest absolute Gasteiger partial charge is 0.244 e. The summed E-state index contributed by atoms with van der Waals surface area (Å²) in [4.78, 5) is 12.8. The maximum absolute atomic E-state index is 12.5. The van der Waals surface area contributed by atoms with Crippen LogP contribution in [0, 0.1) is 0 Å². The summed E-state index contributed by atoms with van der Waals surface area (Å²) in [7, 11) is -1.80. The van der Waals surface area contributed by atoms with E-state index in [4.69, 9.17) is 23.2 Å². The molecule has 1 fully saturated rings. The van der Waals surface area contributed by atoms with Gasteiger partial charge in [-0.1, -0.05) is 23.2 Å². The van der Waals surface area contributed by atoms with E-state index in [0.29, 0.717) is 26.2 Å². The number of benzene rings is 1. The number of piperazine rings is 1. The van der Waals surface area contributed by atoms with Crippen molar-refractivity contribution in [3.8, 4) is 0 Å². The van der Waals surface area contributed by atoms with Gasteiger partial charge in [0.1, 0.15) is 4.90 Å².